The largest absolute Gasteiger partial charge is 0.506 e. The Morgan fingerprint density at radius 1 is 1.44 bits per heavy atom. The third kappa shape index (κ3) is 1.52. The second kappa shape index (κ2) is 3.64. The zero-order valence-corrected chi connectivity index (χ0v) is 10.7. The van der Waals surface area contributed by atoms with Crippen LogP contribution in [0, 0.1) is 13.8 Å². The van der Waals surface area contributed by atoms with Crippen LogP contribution in [0.4, 0.5) is 0 Å². The van der Waals surface area contributed by atoms with Crippen molar-refractivity contribution < 1.29 is 5.11 Å². The van der Waals surface area contributed by atoms with Crippen molar-refractivity contribution >= 4 is 11.6 Å². The first-order valence-electron chi connectivity index (χ1n) is 5.65. The summed E-state index contributed by atoms with van der Waals surface area (Å²) in [5.74, 6) is 0.222. The summed E-state index contributed by atoms with van der Waals surface area (Å²) in [5, 5.41) is 10.6. The molecular formula is C13H18ClNO. The van der Waals surface area contributed by atoms with Gasteiger partial charge in [0.15, 0.2) is 0 Å². The van der Waals surface area contributed by atoms with Crippen LogP contribution in [-0.4, -0.2) is 11.1 Å². The number of phenols is 1. The number of rotatable bonds is 2. The van der Waals surface area contributed by atoms with Gasteiger partial charge in [-0.05, 0) is 44.7 Å². The predicted octanol–water partition coefficient (Wildman–Crippen LogP) is 3.04. The van der Waals surface area contributed by atoms with Gasteiger partial charge in [-0.15, -0.1) is 0 Å². The van der Waals surface area contributed by atoms with E-state index in [1.54, 1.807) is 0 Å². The molecular weight excluding hydrogens is 222 g/mol. The smallest absolute Gasteiger partial charge is 0.138 e. The fourth-order valence-electron chi connectivity index (χ4n) is 2.35. The Labute approximate surface area is 101 Å². The second-order valence-electron chi connectivity index (χ2n) is 4.97. The molecule has 1 aliphatic rings. The Kier molecular flexibility index (Phi) is 2.67. The number of nitrogens with two attached hydrogens (primary N) is 1. The van der Waals surface area contributed by atoms with Crippen LogP contribution >= 0.6 is 11.6 Å². The number of hydrogen-bond donors (Lipinski definition) is 2. The Morgan fingerprint density at radius 3 is 2.44 bits per heavy atom. The summed E-state index contributed by atoms with van der Waals surface area (Å²) in [6, 6.07) is 2.09. The van der Waals surface area contributed by atoms with Crippen LogP contribution < -0.4 is 5.73 Å². The van der Waals surface area contributed by atoms with Gasteiger partial charge in [-0.1, -0.05) is 17.7 Å². The predicted molar refractivity (Wildman–Crippen MR) is 67.2 cm³/mol. The lowest BCUT2D eigenvalue weighted by Crippen LogP contribution is -2.31. The van der Waals surface area contributed by atoms with Gasteiger partial charge in [-0.25, -0.2) is 0 Å². The normalized spacial score (nSPS) is 19.6. The van der Waals surface area contributed by atoms with Crippen molar-refractivity contribution in [1.29, 1.82) is 0 Å². The van der Waals surface area contributed by atoms with E-state index in [-0.39, 0.29) is 17.2 Å². The Hall–Kier alpha value is -0.730. The van der Waals surface area contributed by atoms with E-state index in [2.05, 4.69) is 0 Å². The molecule has 3 heteroatoms. The molecule has 0 spiro atoms. The highest BCUT2D eigenvalue weighted by molar-refractivity contribution is 6.33. The average molecular weight is 240 g/mol. The number of aromatic hydroxyl groups is 1. The minimum atomic E-state index is -0.0494. The van der Waals surface area contributed by atoms with Crippen LogP contribution in [0.5, 0.6) is 5.75 Å². The van der Waals surface area contributed by atoms with Crippen LogP contribution in [0.15, 0.2) is 6.07 Å². The van der Waals surface area contributed by atoms with Gasteiger partial charge in [-0.2, -0.15) is 0 Å². The molecule has 0 saturated heterocycles. The van der Waals surface area contributed by atoms with Crippen molar-refractivity contribution in [3.8, 4) is 5.75 Å². The highest BCUT2D eigenvalue weighted by Crippen LogP contribution is 2.54. The van der Waals surface area contributed by atoms with Gasteiger partial charge in [0, 0.05) is 17.0 Å². The molecule has 2 rings (SSSR count). The summed E-state index contributed by atoms with van der Waals surface area (Å²) >= 11 is 6.14. The molecule has 2 nitrogen and oxygen atoms in total. The molecule has 1 fully saturated rings. The number of phenolic OH excluding ortho intramolecular Hbond substituents is 1. The monoisotopic (exact) mass is 239 g/mol. The number of benzene rings is 1. The maximum Gasteiger partial charge on any atom is 0.138 e. The van der Waals surface area contributed by atoms with Crippen LogP contribution in [0.25, 0.3) is 0 Å². The van der Waals surface area contributed by atoms with Gasteiger partial charge in [0.2, 0.25) is 0 Å². The van der Waals surface area contributed by atoms with Crippen molar-refractivity contribution in [2.45, 2.75) is 45.1 Å². The minimum Gasteiger partial charge on any atom is -0.506 e. The van der Waals surface area contributed by atoms with E-state index in [1.807, 2.05) is 26.8 Å². The lowest BCUT2D eigenvalue weighted by molar-refractivity contribution is 0.446. The molecule has 1 saturated carbocycles. The average Bonchev–Trinajstić information content (AvgIpc) is 3.01. The van der Waals surface area contributed by atoms with Gasteiger partial charge in [0.05, 0.1) is 5.02 Å². The van der Waals surface area contributed by atoms with E-state index in [0.29, 0.717) is 5.02 Å². The van der Waals surface area contributed by atoms with Gasteiger partial charge < -0.3 is 10.8 Å². The molecule has 1 aliphatic carbocycles. The zero-order chi connectivity index (χ0) is 12.1. The first-order valence-corrected chi connectivity index (χ1v) is 6.02. The maximum atomic E-state index is 10.1. The highest BCUT2D eigenvalue weighted by Gasteiger charge is 2.49. The van der Waals surface area contributed by atoms with Crippen molar-refractivity contribution in [3.63, 3.8) is 0 Å². The molecule has 0 heterocycles. The molecule has 0 amide bonds. The zero-order valence-electron chi connectivity index (χ0n) is 9.97. The summed E-state index contributed by atoms with van der Waals surface area (Å²) < 4.78 is 0. The number of halogens is 1. The lowest BCUT2D eigenvalue weighted by atomic mass is 9.87. The third-order valence-corrected chi connectivity index (χ3v) is 4.40. The Morgan fingerprint density at radius 2 is 2.00 bits per heavy atom. The fourth-order valence-corrected chi connectivity index (χ4v) is 2.60. The molecule has 0 radical (unpaired) electrons. The Bertz CT molecular complexity index is 436. The molecule has 1 aromatic rings. The molecule has 16 heavy (non-hydrogen) atoms. The lowest BCUT2D eigenvalue weighted by Gasteiger charge is -2.23. The second-order valence-corrected chi connectivity index (χ2v) is 5.35. The summed E-state index contributed by atoms with van der Waals surface area (Å²) in [6.45, 7) is 5.93. The molecule has 88 valence electrons. The van der Waals surface area contributed by atoms with E-state index in [4.69, 9.17) is 17.3 Å². The topological polar surface area (TPSA) is 46.2 Å². The summed E-state index contributed by atoms with van der Waals surface area (Å²) in [7, 11) is 0. The quantitative estimate of drug-likeness (QED) is 0.833. The first kappa shape index (κ1) is 11.7. The van der Waals surface area contributed by atoms with Crippen molar-refractivity contribution in [3.05, 3.63) is 27.8 Å². The van der Waals surface area contributed by atoms with Crippen LogP contribution in [-0.2, 0) is 5.41 Å². The summed E-state index contributed by atoms with van der Waals surface area (Å²) in [6.07, 6.45) is 2.08. The van der Waals surface area contributed by atoms with Gasteiger partial charge in [0.1, 0.15) is 5.75 Å². The third-order valence-electron chi connectivity index (χ3n) is 3.94. The Balaban J connectivity index is 2.59. The van der Waals surface area contributed by atoms with Crippen molar-refractivity contribution in [2.24, 2.45) is 5.73 Å². The first-order chi connectivity index (χ1) is 7.40. The highest BCUT2D eigenvalue weighted by atomic mass is 35.5. The van der Waals surface area contributed by atoms with E-state index in [9.17, 15) is 5.11 Å². The number of aryl methyl sites for hydroxylation is 1. The molecule has 3 N–H and O–H groups in total. The van der Waals surface area contributed by atoms with Crippen molar-refractivity contribution in [1.82, 2.24) is 0 Å². The molecule has 1 aromatic carbocycles. The van der Waals surface area contributed by atoms with Crippen LogP contribution in [0.3, 0.4) is 0 Å². The fraction of sp³-hybridized carbons (Fsp3) is 0.538. The van der Waals surface area contributed by atoms with E-state index in [0.717, 1.165) is 29.5 Å². The van der Waals surface area contributed by atoms with Gasteiger partial charge in [0.25, 0.3) is 0 Å². The SMILES string of the molecule is Cc1cc(C2(C(C)N)CC2)c(O)c(Cl)c1C. The van der Waals surface area contributed by atoms with E-state index < -0.39 is 0 Å². The molecule has 0 aliphatic heterocycles. The van der Waals surface area contributed by atoms with Gasteiger partial charge in [-0.3, -0.25) is 0 Å². The molecule has 0 bridgehead atoms. The minimum absolute atomic E-state index is 0.0494. The summed E-state index contributed by atoms with van der Waals surface area (Å²) in [4.78, 5) is 0. The maximum absolute atomic E-state index is 10.1. The molecule has 0 aromatic heterocycles. The van der Waals surface area contributed by atoms with E-state index in [1.165, 1.54) is 0 Å². The number of hydrogen-bond acceptors (Lipinski definition) is 2. The molecule has 1 unspecified atom stereocenters. The molecule has 1 atom stereocenters. The van der Waals surface area contributed by atoms with E-state index >= 15 is 0 Å². The summed E-state index contributed by atoms with van der Waals surface area (Å²) in [5.41, 5.74) is 8.96. The van der Waals surface area contributed by atoms with Crippen LogP contribution in [0.1, 0.15) is 36.5 Å². The standard InChI is InChI=1S/C13H18ClNO/c1-7-6-10(12(16)11(14)8(7)2)13(4-5-13)9(3)15/h6,9,16H,4-5,15H2,1-3H3. The van der Waals surface area contributed by atoms with Crippen molar-refractivity contribution in [2.75, 3.05) is 0 Å². The van der Waals surface area contributed by atoms with Gasteiger partial charge >= 0.3 is 0 Å². The van der Waals surface area contributed by atoms with Crippen LogP contribution in [0.2, 0.25) is 5.02 Å².